The maximum atomic E-state index is 10.5. The number of nitrogens with zero attached hydrogens (tertiary/aromatic N) is 2. The normalized spacial score (nSPS) is 10.3. The maximum absolute atomic E-state index is 10.5. The summed E-state index contributed by atoms with van der Waals surface area (Å²) in [6.45, 7) is 1.93. The molecule has 4 nitrogen and oxygen atoms in total. The van der Waals surface area contributed by atoms with Gasteiger partial charge >= 0.3 is 5.82 Å². The molecule has 2 rings (SSSR count). The van der Waals surface area contributed by atoms with Crippen molar-refractivity contribution in [1.29, 1.82) is 0 Å². The third-order valence-electron chi connectivity index (χ3n) is 2.27. The average molecular weight is 281 g/mol. The first-order valence-electron chi connectivity index (χ1n) is 5.11. The Labute approximate surface area is 113 Å². The van der Waals surface area contributed by atoms with Crippen molar-refractivity contribution in [2.24, 2.45) is 0 Å². The molecule has 2 aromatic rings. The molecule has 0 aliphatic rings. The summed E-state index contributed by atoms with van der Waals surface area (Å²) >= 11 is 7.43. The Hall–Kier alpha value is -1.59. The highest BCUT2D eigenvalue weighted by molar-refractivity contribution is 7.99. The number of halogens is 1. The highest BCUT2D eigenvalue weighted by atomic mass is 35.5. The third-order valence-corrected chi connectivity index (χ3v) is 3.66. The van der Waals surface area contributed by atoms with Gasteiger partial charge in [-0.3, -0.25) is 0 Å². The quantitative estimate of drug-likeness (QED) is 0.627. The molecule has 0 atom stereocenters. The summed E-state index contributed by atoms with van der Waals surface area (Å²) in [6.07, 6.45) is 1.49. The molecule has 6 heteroatoms. The second-order valence-corrected chi connectivity index (χ2v) is 5.18. The van der Waals surface area contributed by atoms with Crippen LogP contribution in [-0.4, -0.2) is 9.91 Å². The SMILES string of the molecule is Cc1cc(Sc2ccc([N+](=O)[O-])nc2)ccc1Cl. The summed E-state index contributed by atoms with van der Waals surface area (Å²) < 4.78 is 0. The zero-order valence-electron chi connectivity index (χ0n) is 9.46. The van der Waals surface area contributed by atoms with E-state index in [-0.39, 0.29) is 5.82 Å². The van der Waals surface area contributed by atoms with Gasteiger partial charge in [0, 0.05) is 16.0 Å². The molecular weight excluding hydrogens is 272 g/mol. The number of rotatable bonds is 3. The fraction of sp³-hybridized carbons (Fsp3) is 0.0833. The van der Waals surface area contributed by atoms with E-state index in [9.17, 15) is 10.1 Å². The summed E-state index contributed by atoms with van der Waals surface area (Å²) in [5.74, 6) is -0.147. The molecule has 1 aromatic carbocycles. The predicted octanol–water partition coefficient (Wildman–Crippen LogP) is 4.10. The number of aromatic nitrogens is 1. The van der Waals surface area contributed by atoms with Gasteiger partial charge in [-0.2, -0.15) is 0 Å². The average Bonchev–Trinajstić information content (AvgIpc) is 2.34. The number of pyridine rings is 1. The minimum atomic E-state index is -0.513. The smallest absolute Gasteiger partial charge is 0.358 e. The zero-order valence-corrected chi connectivity index (χ0v) is 11.0. The van der Waals surface area contributed by atoms with Crippen LogP contribution in [0.25, 0.3) is 0 Å². The standard InChI is InChI=1S/C12H9ClN2O2S/c1-8-6-9(2-4-11(8)13)18-10-3-5-12(14-7-10)15(16)17/h2-7H,1H3. The van der Waals surface area contributed by atoms with Gasteiger partial charge in [-0.05, 0) is 46.7 Å². The highest BCUT2D eigenvalue weighted by Gasteiger charge is 2.07. The molecule has 0 N–H and O–H groups in total. The predicted molar refractivity (Wildman–Crippen MR) is 71.2 cm³/mol. The lowest BCUT2D eigenvalue weighted by molar-refractivity contribution is -0.389. The second-order valence-electron chi connectivity index (χ2n) is 3.62. The van der Waals surface area contributed by atoms with Crippen molar-refractivity contribution in [1.82, 2.24) is 4.98 Å². The molecule has 1 heterocycles. The van der Waals surface area contributed by atoms with Crippen LogP contribution in [0.5, 0.6) is 0 Å². The van der Waals surface area contributed by atoms with Crippen molar-refractivity contribution in [3.63, 3.8) is 0 Å². The molecule has 0 aliphatic carbocycles. The summed E-state index contributed by atoms with van der Waals surface area (Å²) in [6, 6.07) is 8.78. The number of aryl methyl sites for hydroxylation is 1. The number of hydrogen-bond acceptors (Lipinski definition) is 4. The van der Waals surface area contributed by atoms with Crippen molar-refractivity contribution in [3.05, 3.63) is 57.2 Å². The van der Waals surface area contributed by atoms with Crippen LogP contribution in [0.2, 0.25) is 5.02 Å². The first-order valence-corrected chi connectivity index (χ1v) is 6.30. The number of nitro groups is 1. The monoisotopic (exact) mass is 280 g/mol. The summed E-state index contributed by atoms with van der Waals surface area (Å²) in [5.41, 5.74) is 0.997. The van der Waals surface area contributed by atoms with E-state index in [2.05, 4.69) is 4.98 Å². The van der Waals surface area contributed by atoms with Gasteiger partial charge < -0.3 is 10.1 Å². The number of hydrogen-bond donors (Lipinski definition) is 0. The lowest BCUT2D eigenvalue weighted by atomic mass is 10.2. The Morgan fingerprint density at radius 3 is 2.56 bits per heavy atom. The molecular formula is C12H9ClN2O2S. The van der Waals surface area contributed by atoms with Crippen LogP contribution in [0.15, 0.2) is 46.3 Å². The largest absolute Gasteiger partial charge is 0.363 e. The van der Waals surface area contributed by atoms with Crippen LogP contribution in [0.3, 0.4) is 0 Å². The van der Waals surface area contributed by atoms with E-state index in [1.54, 1.807) is 6.07 Å². The second kappa shape index (κ2) is 5.37. The van der Waals surface area contributed by atoms with Crippen LogP contribution in [0.4, 0.5) is 5.82 Å². The summed E-state index contributed by atoms with van der Waals surface area (Å²) in [7, 11) is 0. The van der Waals surface area contributed by atoms with Crippen molar-refractivity contribution in [3.8, 4) is 0 Å². The summed E-state index contributed by atoms with van der Waals surface area (Å²) in [4.78, 5) is 15.6. The molecule has 0 amide bonds. The van der Waals surface area contributed by atoms with Gasteiger partial charge in [-0.1, -0.05) is 23.4 Å². The zero-order chi connectivity index (χ0) is 13.1. The molecule has 0 unspecified atom stereocenters. The molecule has 0 radical (unpaired) electrons. The fourth-order valence-electron chi connectivity index (χ4n) is 1.36. The highest BCUT2D eigenvalue weighted by Crippen LogP contribution is 2.30. The van der Waals surface area contributed by atoms with Crippen LogP contribution in [0.1, 0.15) is 5.56 Å². The van der Waals surface area contributed by atoms with Crippen molar-refractivity contribution >= 4 is 29.2 Å². The van der Waals surface area contributed by atoms with Crippen LogP contribution >= 0.6 is 23.4 Å². The Balaban J connectivity index is 2.18. The molecule has 0 spiro atoms. The Kier molecular flexibility index (Phi) is 3.84. The molecule has 0 saturated carbocycles. The van der Waals surface area contributed by atoms with Gasteiger partial charge in [0.15, 0.2) is 6.20 Å². The lowest BCUT2D eigenvalue weighted by Gasteiger charge is -2.02. The van der Waals surface area contributed by atoms with Gasteiger partial charge in [0.2, 0.25) is 0 Å². The van der Waals surface area contributed by atoms with Crippen molar-refractivity contribution in [2.45, 2.75) is 16.7 Å². The van der Waals surface area contributed by atoms with Gasteiger partial charge in [-0.15, -0.1) is 0 Å². The van der Waals surface area contributed by atoms with E-state index in [1.807, 2.05) is 25.1 Å². The summed E-state index contributed by atoms with van der Waals surface area (Å²) in [5, 5.41) is 11.2. The fourth-order valence-corrected chi connectivity index (χ4v) is 2.36. The minimum absolute atomic E-state index is 0.147. The molecule has 1 aromatic heterocycles. The molecule has 92 valence electrons. The van der Waals surface area contributed by atoms with E-state index in [4.69, 9.17) is 11.6 Å². The van der Waals surface area contributed by atoms with E-state index in [1.165, 1.54) is 24.0 Å². The van der Waals surface area contributed by atoms with E-state index in [0.29, 0.717) is 0 Å². The first kappa shape index (κ1) is 12.9. The Morgan fingerprint density at radius 1 is 1.28 bits per heavy atom. The third kappa shape index (κ3) is 3.00. The number of benzene rings is 1. The van der Waals surface area contributed by atoms with Gasteiger partial charge in [-0.25, -0.2) is 0 Å². The lowest BCUT2D eigenvalue weighted by Crippen LogP contribution is -1.90. The molecule has 0 saturated heterocycles. The molecule has 18 heavy (non-hydrogen) atoms. The Bertz CT molecular complexity index is 587. The topological polar surface area (TPSA) is 56.0 Å². The van der Waals surface area contributed by atoms with Gasteiger partial charge in [0.05, 0.1) is 4.90 Å². The minimum Gasteiger partial charge on any atom is -0.358 e. The van der Waals surface area contributed by atoms with Crippen molar-refractivity contribution in [2.75, 3.05) is 0 Å². The van der Waals surface area contributed by atoms with Crippen LogP contribution < -0.4 is 0 Å². The molecule has 0 bridgehead atoms. The van der Waals surface area contributed by atoms with Gasteiger partial charge in [0.1, 0.15) is 0 Å². The van der Waals surface area contributed by atoms with Gasteiger partial charge in [0.25, 0.3) is 0 Å². The van der Waals surface area contributed by atoms with E-state index < -0.39 is 4.92 Å². The van der Waals surface area contributed by atoms with Crippen molar-refractivity contribution < 1.29 is 4.92 Å². The van der Waals surface area contributed by atoms with E-state index >= 15 is 0 Å². The van der Waals surface area contributed by atoms with Crippen LogP contribution in [-0.2, 0) is 0 Å². The molecule has 0 fully saturated rings. The maximum Gasteiger partial charge on any atom is 0.363 e. The van der Waals surface area contributed by atoms with E-state index in [0.717, 1.165) is 20.4 Å². The van der Waals surface area contributed by atoms with Crippen LogP contribution in [0, 0.1) is 17.0 Å². The molecule has 0 aliphatic heterocycles. The Morgan fingerprint density at radius 2 is 2.00 bits per heavy atom. The first-order chi connectivity index (χ1) is 8.56.